The van der Waals surface area contributed by atoms with Crippen LogP contribution in [0.5, 0.6) is 0 Å². The zero-order valence-corrected chi connectivity index (χ0v) is 7.98. The van der Waals surface area contributed by atoms with Crippen LogP contribution >= 0.6 is 0 Å². The van der Waals surface area contributed by atoms with Gasteiger partial charge in [-0.05, 0) is 23.1 Å². The molecule has 0 bridgehead atoms. The summed E-state index contributed by atoms with van der Waals surface area (Å²) in [6, 6.07) is 19.5. The van der Waals surface area contributed by atoms with Gasteiger partial charge in [-0.1, -0.05) is 54.6 Å². The number of rotatable bonds is 1. The first-order chi connectivity index (χ1) is 6.95. The summed E-state index contributed by atoms with van der Waals surface area (Å²) in [4.78, 5) is 0. The van der Waals surface area contributed by atoms with E-state index in [9.17, 15) is 0 Å². The predicted octanol–water partition coefficient (Wildman–Crippen LogP) is 3.37. The fraction of sp³-hybridized carbons (Fsp3) is 0.143. The molecule has 0 heteroatoms. The van der Waals surface area contributed by atoms with Crippen molar-refractivity contribution in [3.63, 3.8) is 0 Å². The van der Waals surface area contributed by atoms with Crippen molar-refractivity contribution < 1.29 is 0 Å². The van der Waals surface area contributed by atoms with Crippen molar-refractivity contribution in [1.29, 1.82) is 0 Å². The molecule has 0 N–H and O–H groups in total. The first kappa shape index (κ1) is 7.81. The molecule has 2 aromatic rings. The molecule has 0 heterocycles. The van der Waals surface area contributed by atoms with Gasteiger partial charge >= 0.3 is 0 Å². The molecule has 3 rings (SSSR count). The average molecular weight is 180 g/mol. The molecule has 68 valence electrons. The van der Waals surface area contributed by atoms with Crippen LogP contribution < -0.4 is 0 Å². The molecule has 2 aromatic carbocycles. The van der Waals surface area contributed by atoms with Crippen LogP contribution in [0.1, 0.15) is 22.6 Å². The lowest BCUT2D eigenvalue weighted by Crippen LogP contribution is -2.17. The highest BCUT2D eigenvalue weighted by atomic mass is 14.3. The summed E-state index contributed by atoms with van der Waals surface area (Å²) in [6.45, 7) is 0. The summed E-state index contributed by atoms with van der Waals surface area (Å²) in [7, 11) is 0. The summed E-state index contributed by atoms with van der Waals surface area (Å²) in [5.41, 5.74) is 4.48. The van der Waals surface area contributed by atoms with E-state index < -0.39 is 0 Å². The van der Waals surface area contributed by atoms with Gasteiger partial charge in [0.2, 0.25) is 0 Å². The second-order valence-corrected chi connectivity index (χ2v) is 3.87. The van der Waals surface area contributed by atoms with Crippen LogP contribution in [0.3, 0.4) is 0 Å². The Morgan fingerprint density at radius 3 is 2.29 bits per heavy atom. The minimum absolute atomic E-state index is 0.646. The van der Waals surface area contributed by atoms with E-state index in [4.69, 9.17) is 0 Å². The van der Waals surface area contributed by atoms with E-state index in [0.717, 1.165) is 0 Å². The monoisotopic (exact) mass is 180 g/mol. The first-order valence-electron chi connectivity index (χ1n) is 5.08. The maximum Gasteiger partial charge on any atom is 0.0133 e. The van der Waals surface area contributed by atoms with Gasteiger partial charge in [-0.15, -0.1) is 0 Å². The fourth-order valence-electron chi connectivity index (χ4n) is 2.24. The number of benzene rings is 2. The fourth-order valence-corrected chi connectivity index (χ4v) is 2.24. The van der Waals surface area contributed by atoms with Crippen LogP contribution in [0, 0.1) is 0 Å². The number of fused-ring (bicyclic) bond motifs is 1. The van der Waals surface area contributed by atoms with Crippen LogP contribution in [0.15, 0.2) is 54.6 Å². The van der Waals surface area contributed by atoms with Crippen molar-refractivity contribution in [3.8, 4) is 0 Å². The van der Waals surface area contributed by atoms with Gasteiger partial charge in [0, 0.05) is 5.92 Å². The minimum Gasteiger partial charge on any atom is -0.0622 e. The van der Waals surface area contributed by atoms with Gasteiger partial charge in [0.1, 0.15) is 0 Å². The Bertz CT molecular complexity index is 443. The highest BCUT2D eigenvalue weighted by Gasteiger charge is 2.26. The third-order valence-electron chi connectivity index (χ3n) is 3.06. The Kier molecular flexibility index (Phi) is 1.66. The van der Waals surface area contributed by atoms with Gasteiger partial charge in [0.05, 0.1) is 0 Å². The minimum atomic E-state index is 0.646. The van der Waals surface area contributed by atoms with Crippen molar-refractivity contribution in [1.82, 2.24) is 0 Å². The summed E-state index contributed by atoms with van der Waals surface area (Å²) >= 11 is 0. The first-order valence-corrected chi connectivity index (χ1v) is 5.08. The topological polar surface area (TPSA) is 0 Å². The van der Waals surface area contributed by atoms with Gasteiger partial charge < -0.3 is 0 Å². The summed E-state index contributed by atoms with van der Waals surface area (Å²) in [6.07, 6.45) is 1.21. The van der Waals surface area contributed by atoms with Crippen LogP contribution in [0.4, 0.5) is 0 Å². The normalized spacial score (nSPS) is 18.4. The largest absolute Gasteiger partial charge is 0.0622 e. The highest BCUT2D eigenvalue weighted by Crippen LogP contribution is 2.39. The van der Waals surface area contributed by atoms with Crippen LogP contribution in [-0.4, -0.2) is 0 Å². The third-order valence-corrected chi connectivity index (χ3v) is 3.06. The lowest BCUT2D eigenvalue weighted by Gasteiger charge is -2.30. The van der Waals surface area contributed by atoms with Crippen LogP contribution in [0.2, 0.25) is 0 Å². The maximum absolute atomic E-state index is 2.25. The maximum atomic E-state index is 2.25. The number of hydrogen-bond donors (Lipinski definition) is 0. The molecule has 1 atom stereocenters. The van der Waals surface area contributed by atoms with E-state index in [1.807, 2.05) is 0 Å². The number of hydrogen-bond acceptors (Lipinski definition) is 0. The molecule has 0 fully saturated rings. The molecule has 0 spiro atoms. The van der Waals surface area contributed by atoms with Gasteiger partial charge in [0.25, 0.3) is 0 Å². The molecule has 0 aromatic heterocycles. The second-order valence-electron chi connectivity index (χ2n) is 3.87. The zero-order chi connectivity index (χ0) is 9.38. The Morgan fingerprint density at radius 1 is 0.786 bits per heavy atom. The smallest absolute Gasteiger partial charge is 0.0133 e. The Labute approximate surface area is 84.2 Å². The summed E-state index contributed by atoms with van der Waals surface area (Å²) in [5.74, 6) is 0.646. The standard InChI is InChI=1S/C14H12/c1-2-6-11(7-3-1)14-10-12-8-4-5-9-13(12)14/h1-9,14H,10H2/t14-/m1/s1. The third kappa shape index (κ3) is 1.07. The van der Waals surface area contributed by atoms with Crippen LogP contribution in [-0.2, 0) is 6.42 Å². The molecule has 0 saturated carbocycles. The van der Waals surface area contributed by atoms with Gasteiger partial charge in [-0.2, -0.15) is 0 Å². The molecule has 0 nitrogen and oxygen atoms in total. The molecule has 14 heavy (non-hydrogen) atoms. The predicted molar refractivity (Wildman–Crippen MR) is 58.4 cm³/mol. The highest BCUT2D eigenvalue weighted by molar-refractivity contribution is 5.46. The SMILES string of the molecule is c1ccc([C@H]2Cc3ccccc32)cc1. The van der Waals surface area contributed by atoms with Crippen molar-refractivity contribution >= 4 is 0 Å². The van der Waals surface area contributed by atoms with Crippen molar-refractivity contribution in [2.45, 2.75) is 12.3 Å². The molecule has 1 aliphatic rings. The van der Waals surface area contributed by atoms with E-state index in [1.54, 1.807) is 0 Å². The Morgan fingerprint density at radius 2 is 1.50 bits per heavy atom. The van der Waals surface area contributed by atoms with Crippen LogP contribution in [0.25, 0.3) is 0 Å². The van der Waals surface area contributed by atoms with Crippen molar-refractivity contribution in [2.24, 2.45) is 0 Å². The van der Waals surface area contributed by atoms with Crippen molar-refractivity contribution in [3.05, 3.63) is 71.3 Å². The summed E-state index contributed by atoms with van der Waals surface area (Å²) < 4.78 is 0. The zero-order valence-electron chi connectivity index (χ0n) is 7.98. The Hall–Kier alpha value is -1.56. The molecule has 0 radical (unpaired) electrons. The Balaban J connectivity index is 2.00. The average Bonchev–Trinajstić information content (AvgIpc) is 2.22. The quantitative estimate of drug-likeness (QED) is 0.631. The van der Waals surface area contributed by atoms with E-state index in [2.05, 4.69) is 54.6 Å². The van der Waals surface area contributed by atoms with E-state index in [1.165, 1.54) is 23.1 Å². The molecule has 1 aliphatic carbocycles. The summed E-state index contributed by atoms with van der Waals surface area (Å²) in [5, 5.41) is 0. The molecule has 0 saturated heterocycles. The second kappa shape index (κ2) is 2.98. The van der Waals surface area contributed by atoms with Gasteiger partial charge in [-0.25, -0.2) is 0 Å². The van der Waals surface area contributed by atoms with E-state index in [-0.39, 0.29) is 0 Å². The molecular weight excluding hydrogens is 168 g/mol. The lowest BCUT2D eigenvalue weighted by molar-refractivity contribution is 0.708. The van der Waals surface area contributed by atoms with Crippen molar-refractivity contribution in [2.75, 3.05) is 0 Å². The molecular formula is C14H12. The molecule has 0 aliphatic heterocycles. The lowest BCUT2D eigenvalue weighted by atomic mass is 9.74. The van der Waals surface area contributed by atoms with E-state index in [0.29, 0.717) is 5.92 Å². The van der Waals surface area contributed by atoms with Gasteiger partial charge in [0.15, 0.2) is 0 Å². The molecule has 0 amide bonds. The molecule has 0 unspecified atom stereocenters. The van der Waals surface area contributed by atoms with Gasteiger partial charge in [-0.3, -0.25) is 0 Å². The van der Waals surface area contributed by atoms with E-state index >= 15 is 0 Å².